The van der Waals surface area contributed by atoms with Crippen LogP contribution in [0.3, 0.4) is 0 Å². The number of hydrogen-bond acceptors (Lipinski definition) is 4. The van der Waals surface area contributed by atoms with E-state index in [0.29, 0.717) is 6.42 Å². The molecule has 1 N–H and O–H groups in total. The molecule has 0 spiro atoms. The summed E-state index contributed by atoms with van der Waals surface area (Å²) in [7, 11) is 1.29. The standard InChI is InChI=1S/C10H19NO4/c1-8(2)11(7-10(14)15-3)9(13)5-4-6-12/h8,12H,4-7H2,1-3H3. The predicted octanol–water partition coefficient (Wildman–Crippen LogP) is 0.169. The summed E-state index contributed by atoms with van der Waals surface area (Å²) in [4.78, 5) is 24.1. The number of ether oxygens (including phenoxy) is 1. The van der Waals surface area contributed by atoms with Gasteiger partial charge >= 0.3 is 5.97 Å². The van der Waals surface area contributed by atoms with Crippen LogP contribution in [-0.2, 0) is 14.3 Å². The Morgan fingerprint density at radius 2 is 2.00 bits per heavy atom. The van der Waals surface area contributed by atoms with Crippen LogP contribution in [0.2, 0.25) is 0 Å². The fourth-order valence-corrected chi connectivity index (χ4v) is 1.14. The molecule has 0 saturated heterocycles. The zero-order valence-electron chi connectivity index (χ0n) is 9.52. The van der Waals surface area contributed by atoms with E-state index in [4.69, 9.17) is 5.11 Å². The minimum Gasteiger partial charge on any atom is -0.468 e. The van der Waals surface area contributed by atoms with E-state index in [2.05, 4.69) is 4.74 Å². The van der Waals surface area contributed by atoms with E-state index in [1.54, 1.807) is 0 Å². The molecule has 0 unspecified atom stereocenters. The number of carbonyl (C=O) groups is 2. The number of esters is 1. The second-order valence-electron chi connectivity index (χ2n) is 3.52. The summed E-state index contributed by atoms with van der Waals surface area (Å²) < 4.78 is 4.50. The Hall–Kier alpha value is -1.10. The summed E-state index contributed by atoms with van der Waals surface area (Å²) in [6.45, 7) is 3.62. The minimum atomic E-state index is -0.430. The van der Waals surface area contributed by atoms with Gasteiger partial charge in [-0.25, -0.2) is 0 Å². The molecule has 0 aromatic heterocycles. The van der Waals surface area contributed by atoms with Crippen molar-refractivity contribution in [2.75, 3.05) is 20.3 Å². The molecule has 0 heterocycles. The second kappa shape index (κ2) is 7.23. The van der Waals surface area contributed by atoms with E-state index in [0.717, 1.165) is 0 Å². The fraction of sp³-hybridized carbons (Fsp3) is 0.800. The van der Waals surface area contributed by atoms with Gasteiger partial charge in [0.2, 0.25) is 5.91 Å². The van der Waals surface area contributed by atoms with Crippen LogP contribution in [0.15, 0.2) is 0 Å². The average molecular weight is 217 g/mol. The number of amides is 1. The molecule has 0 fully saturated rings. The van der Waals surface area contributed by atoms with Gasteiger partial charge in [0.15, 0.2) is 0 Å². The first kappa shape index (κ1) is 13.9. The molecule has 0 aromatic rings. The minimum absolute atomic E-state index is 0.0180. The molecule has 0 aliphatic heterocycles. The highest BCUT2D eigenvalue weighted by Gasteiger charge is 2.19. The fourth-order valence-electron chi connectivity index (χ4n) is 1.14. The molecule has 1 amide bonds. The Morgan fingerprint density at radius 1 is 1.40 bits per heavy atom. The lowest BCUT2D eigenvalue weighted by atomic mass is 10.2. The Morgan fingerprint density at radius 3 is 2.40 bits per heavy atom. The quantitative estimate of drug-likeness (QED) is 0.644. The van der Waals surface area contributed by atoms with Crippen molar-refractivity contribution in [3.8, 4) is 0 Å². The Labute approximate surface area is 90.0 Å². The number of nitrogens with zero attached hydrogens (tertiary/aromatic N) is 1. The molecule has 88 valence electrons. The second-order valence-corrected chi connectivity index (χ2v) is 3.52. The smallest absolute Gasteiger partial charge is 0.325 e. The van der Waals surface area contributed by atoms with Crippen LogP contribution >= 0.6 is 0 Å². The van der Waals surface area contributed by atoms with Crippen molar-refractivity contribution in [2.24, 2.45) is 0 Å². The lowest BCUT2D eigenvalue weighted by Gasteiger charge is -2.25. The van der Waals surface area contributed by atoms with Gasteiger partial charge in [0, 0.05) is 19.1 Å². The number of rotatable bonds is 6. The largest absolute Gasteiger partial charge is 0.468 e. The lowest BCUT2D eigenvalue weighted by molar-refractivity contribution is -0.148. The van der Waals surface area contributed by atoms with Crippen molar-refractivity contribution in [3.63, 3.8) is 0 Å². The number of aliphatic hydroxyl groups is 1. The monoisotopic (exact) mass is 217 g/mol. The molecule has 0 rings (SSSR count). The molecule has 0 aromatic carbocycles. The normalized spacial score (nSPS) is 10.2. The molecule has 0 radical (unpaired) electrons. The van der Waals surface area contributed by atoms with E-state index in [9.17, 15) is 9.59 Å². The van der Waals surface area contributed by atoms with Crippen LogP contribution in [0.1, 0.15) is 26.7 Å². The van der Waals surface area contributed by atoms with Crippen molar-refractivity contribution in [1.82, 2.24) is 4.90 Å². The maximum Gasteiger partial charge on any atom is 0.325 e. The molecule has 0 bridgehead atoms. The molecule has 15 heavy (non-hydrogen) atoms. The summed E-state index contributed by atoms with van der Waals surface area (Å²) in [5.74, 6) is -0.564. The van der Waals surface area contributed by atoms with Gasteiger partial charge in [-0.3, -0.25) is 9.59 Å². The highest BCUT2D eigenvalue weighted by Crippen LogP contribution is 2.03. The molecule has 0 aliphatic carbocycles. The van der Waals surface area contributed by atoms with Crippen LogP contribution in [0, 0.1) is 0 Å². The first-order valence-electron chi connectivity index (χ1n) is 5.00. The van der Waals surface area contributed by atoms with Crippen molar-refractivity contribution < 1.29 is 19.4 Å². The van der Waals surface area contributed by atoms with Gasteiger partial charge in [0.05, 0.1) is 7.11 Å². The summed E-state index contributed by atoms with van der Waals surface area (Å²) in [6, 6.07) is -0.0460. The van der Waals surface area contributed by atoms with Gasteiger partial charge in [-0.05, 0) is 20.3 Å². The SMILES string of the molecule is COC(=O)CN(C(=O)CCCO)C(C)C. The van der Waals surface area contributed by atoms with Gasteiger partial charge in [-0.15, -0.1) is 0 Å². The third-order valence-corrected chi connectivity index (χ3v) is 2.02. The topological polar surface area (TPSA) is 66.8 Å². The van der Waals surface area contributed by atoms with Crippen LogP contribution < -0.4 is 0 Å². The summed E-state index contributed by atoms with van der Waals surface area (Å²) >= 11 is 0. The number of methoxy groups -OCH3 is 1. The van der Waals surface area contributed by atoms with Gasteiger partial charge in [0.25, 0.3) is 0 Å². The first-order chi connectivity index (χ1) is 7.02. The van der Waals surface area contributed by atoms with E-state index in [-0.39, 0.29) is 31.5 Å². The summed E-state index contributed by atoms with van der Waals surface area (Å²) in [5.41, 5.74) is 0. The Bertz CT molecular complexity index is 215. The Balaban J connectivity index is 4.25. The van der Waals surface area contributed by atoms with Crippen molar-refractivity contribution in [1.29, 1.82) is 0 Å². The third-order valence-electron chi connectivity index (χ3n) is 2.02. The van der Waals surface area contributed by atoms with Crippen molar-refractivity contribution in [3.05, 3.63) is 0 Å². The molecule has 5 nitrogen and oxygen atoms in total. The number of carbonyl (C=O) groups excluding carboxylic acids is 2. The maximum atomic E-state index is 11.6. The number of hydrogen-bond donors (Lipinski definition) is 1. The third kappa shape index (κ3) is 5.37. The summed E-state index contributed by atoms with van der Waals surface area (Å²) in [6.07, 6.45) is 0.675. The molecule has 0 atom stereocenters. The van der Waals surface area contributed by atoms with Crippen molar-refractivity contribution >= 4 is 11.9 Å². The highest BCUT2D eigenvalue weighted by molar-refractivity contribution is 5.82. The maximum absolute atomic E-state index is 11.6. The van der Waals surface area contributed by atoms with Crippen LogP contribution in [0.25, 0.3) is 0 Å². The highest BCUT2D eigenvalue weighted by atomic mass is 16.5. The zero-order chi connectivity index (χ0) is 11.8. The number of aliphatic hydroxyl groups excluding tert-OH is 1. The van der Waals surface area contributed by atoms with Gasteiger partial charge in [-0.2, -0.15) is 0 Å². The molecule has 0 aliphatic rings. The molecule has 5 heteroatoms. The van der Waals surface area contributed by atoms with Crippen molar-refractivity contribution in [2.45, 2.75) is 32.7 Å². The van der Waals surface area contributed by atoms with Gasteiger partial charge < -0.3 is 14.7 Å². The lowest BCUT2D eigenvalue weighted by Crippen LogP contribution is -2.41. The average Bonchev–Trinajstić information content (AvgIpc) is 2.21. The molecule has 0 saturated carbocycles. The molecular weight excluding hydrogens is 198 g/mol. The van der Waals surface area contributed by atoms with E-state index in [1.807, 2.05) is 13.8 Å². The van der Waals surface area contributed by atoms with Crippen LogP contribution in [-0.4, -0.2) is 48.2 Å². The van der Waals surface area contributed by atoms with Crippen LogP contribution in [0.5, 0.6) is 0 Å². The predicted molar refractivity (Wildman–Crippen MR) is 55.2 cm³/mol. The summed E-state index contributed by atoms with van der Waals surface area (Å²) in [5, 5.41) is 8.60. The van der Waals surface area contributed by atoms with Crippen LogP contribution in [0.4, 0.5) is 0 Å². The molecular formula is C10H19NO4. The van der Waals surface area contributed by atoms with Gasteiger partial charge in [0.1, 0.15) is 6.54 Å². The van der Waals surface area contributed by atoms with Gasteiger partial charge in [-0.1, -0.05) is 0 Å². The van der Waals surface area contributed by atoms with E-state index < -0.39 is 5.97 Å². The van der Waals surface area contributed by atoms with E-state index in [1.165, 1.54) is 12.0 Å². The Kier molecular flexibility index (Phi) is 6.70. The zero-order valence-corrected chi connectivity index (χ0v) is 9.52. The van der Waals surface area contributed by atoms with E-state index >= 15 is 0 Å². The first-order valence-corrected chi connectivity index (χ1v) is 5.00.